The van der Waals surface area contributed by atoms with Gasteiger partial charge >= 0.3 is 0 Å². The van der Waals surface area contributed by atoms with Crippen LogP contribution >= 0.6 is 11.6 Å². The second-order valence-corrected chi connectivity index (χ2v) is 13.1. The highest BCUT2D eigenvalue weighted by atomic mass is 35.5. The first-order valence-electron chi connectivity index (χ1n) is 12.0. The van der Waals surface area contributed by atoms with Gasteiger partial charge in [-0.2, -0.15) is 4.36 Å². The fourth-order valence-corrected chi connectivity index (χ4v) is 6.20. The van der Waals surface area contributed by atoms with Crippen molar-refractivity contribution >= 4 is 38.9 Å². The van der Waals surface area contributed by atoms with Gasteiger partial charge in [-0.3, -0.25) is 9.69 Å². The molecule has 3 atom stereocenters. The van der Waals surface area contributed by atoms with Crippen LogP contribution in [0, 0.1) is 5.82 Å². The minimum Gasteiger partial charge on any atom is -0.375 e. The molecular formula is C26H30ClF3N4O3S. The van der Waals surface area contributed by atoms with E-state index in [1.165, 1.54) is 36.7 Å². The lowest BCUT2D eigenvalue weighted by atomic mass is 9.84. The molecular weight excluding hydrogens is 541 g/mol. The molecule has 0 aromatic heterocycles. The first-order chi connectivity index (χ1) is 17.6. The monoisotopic (exact) mass is 570 g/mol. The molecule has 0 bridgehead atoms. The van der Waals surface area contributed by atoms with Gasteiger partial charge in [-0.15, -0.1) is 0 Å². The quantitative estimate of drug-likeness (QED) is 0.515. The van der Waals surface area contributed by atoms with Crippen LogP contribution in [0.3, 0.4) is 0 Å². The summed E-state index contributed by atoms with van der Waals surface area (Å²) in [6.07, 6.45) is 1.05. The molecule has 2 aromatic rings. The summed E-state index contributed by atoms with van der Waals surface area (Å²) in [5.74, 6) is -4.04. The van der Waals surface area contributed by atoms with E-state index in [-0.39, 0.29) is 47.4 Å². The molecule has 0 radical (unpaired) electrons. The highest BCUT2D eigenvalue weighted by Gasteiger charge is 2.49. The second-order valence-electron chi connectivity index (χ2n) is 10.2. The summed E-state index contributed by atoms with van der Waals surface area (Å²) in [6, 6.07) is 8.69. The second kappa shape index (κ2) is 10.2. The van der Waals surface area contributed by atoms with E-state index in [1.807, 2.05) is 0 Å². The molecule has 2 aliphatic rings. The summed E-state index contributed by atoms with van der Waals surface area (Å²) in [5, 5.41) is 0.197. The van der Waals surface area contributed by atoms with Crippen LogP contribution in [0.25, 0.3) is 11.1 Å². The predicted molar refractivity (Wildman–Crippen MR) is 143 cm³/mol. The fourth-order valence-electron chi connectivity index (χ4n) is 5.15. The number of hydrogen-bond acceptors (Lipinski definition) is 6. The van der Waals surface area contributed by atoms with Gasteiger partial charge in [-0.05, 0) is 31.0 Å². The minimum absolute atomic E-state index is 0.0638. The van der Waals surface area contributed by atoms with Crippen molar-refractivity contribution in [3.05, 3.63) is 52.8 Å². The fraction of sp³-hybridized carbons (Fsp3) is 0.462. The van der Waals surface area contributed by atoms with E-state index < -0.39 is 45.6 Å². The third kappa shape index (κ3) is 5.55. The summed E-state index contributed by atoms with van der Waals surface area (Å²) in [4.78, 5) is 19.2. The molecule has 0 spiro atoms. The van der Waals surface area contributed by atoms with Crippen molar-refractivity contribution in [3.63, 3.8) is 0 Å². The standard InChI is InChI=1S/C26H30ClF3N4O3S/c1-25(14-22(35)34(24(31)32-25)16-10-11-26(29,30)21(13-16)37-2)19-7-5-6-18(23(19)27)17-9-8-15(12-20(17)28)33-38(3,4)36/h5-9,12,16,21H,10-11,13-14H2,1-4H3,(H2,31,32)/t16-,21-,25-/m0/s1. The Hall–Kier alpha value is -2.63. The first kappa shape index (κ1) is 28.4. The summed E-state index contributed by atoms with van der Waals surface area (Å²) in [7, 11) is -1.25. The largest absolute Gasteiger partial charge is 0.375 e. The maximum absolute atomic E-state index is 15.1. The number of nitrogens with zero attached hydrogens (tertiary/aromatic N) is 3. The van der Waals surface area contributed by atoms with Gasteiger partial charge in [0, 0.05) is 65.4 Å². The molecule has 0 unspecified atom stereocenters. The Morgan fingerprint density at radius 1 is 1.24 bits per heavy atom. The third-order valence-corrected chi connectivity index (χ3v) is 7.99. The smallest absolute Gasteiger partial charge is 0.273 e. The lowest BCUT2D eigenvalue weighted by Gasteiger charge is -2.43. The van der Waals surface area contributed by atoms with Gasteiger partial charge in [-0.25, -0.2) is 22.4 Å². The van der Waals surface area contributed by atoms with Gasteiger partial charge < -0.3 is 10.5 Å². The molecule has 38 heavy (non-hydrogen) atoms. The van der Waals surface area contributed by atoms with E-state index in [0.29, 0.717) is 11.1 Å². The number of aliphatic imine (C=N–C) groups is 1. The number of benzene rings is 2. The van der Waals surface area contributed by atoms with Gasteiger partial charge in [0.25, 0.3) is 5.92 Å². The molecule has 4 rings (SSSR count). The van der Waals surface area contributed by atoms with Crippen molar-refractivity contribution in [2.75, 3.05) is 19.6 Å². The molecule has 1 heterocycles. The predicted octanol–water partition coefficient (Wildman–Crippen LogP) is 5.47. The van der Waals surface area contributed by atoms with Crippen molar-refractivity contribution in [2.45, 2.75) is 56.2 Å². The van der Waals surface area contributed by atoms with Gasteiger partial charge in [0.05, 0.1) is 22.7 Å². The third-order valence-electron chi connectivity index (χ3n) is 6.94. The Morgan fingerprint density at radius 3 is 2.55 bits per heavy atom. The van der Waals surface area contributed by atoms with E-state index in [0.717, 1.165) is 0 Å². The van der Waals surface area contributed by atoms with E-state index in [1.54, 1.807) is 31.2 Å². The number of halogens is 4. The average Bonchev–Trinajstić information content (AvgIpc) is 2.79. The molecule has 1 amide bonds. The lowest BCUT2D eigenvalue weighted by Crippen LogP contribution is -2.57. The van der Waals surface area contributed by atoms with Crippen molar-refractivity contribution in [3.8, 4) is 11.1 Å². The van der Waals surface area contributed by atoms with Gasteiger partial charge in [0.2, 0.25) is 5.91 Å². The Morgan fingerprint density at radius 2 is 1.95 bits per heavy atom. The van der Waals surface area contributed by atoms with Crippen molar-refractivity contribution in [2.24, 2.45) is 15.1 Å². The number of hydrogen-bond donors (Lipinski definition) is 1. The summed E-state index contributed by atoms with van der Waals surface area (Å²) < 4.78 is 64.3. The molecule has 7 nitrogen and oxygen atoms in total. The van der Waals surface area contributed by atoms with Crippen LogP contribution < -0.4 is 5.73 Å². The van der Waals surface area contributed by atoms with Gasteiger partial charge in [-0.1, -0.05) is 29.8 Å². The highest BCUT2D eigenvalue weighted by molar-refractivity contribution is 7.92. The SMILES string of the molecule is CO[C@H]1C[C@@H](N2C(=O)C[C@@](C)(c3cccc(-c4ccc(N=S(C)(C)=O)cc4F)c3Cl)N=C2N)CCC1(F)F. The van der Waals surface area contributed by atoms with Crippen LogP contribution in [0.15, 0.2) is 45.8 Å². The number of alkyl halides is 2. The van der Waals surface area contributed by atoms with E-state index in [4.69, 9.17) is 22.1 Å². The Kier molecular flexibility index (Phi) is 7.59. The number of guanidine groups is 1. The zero-order chi connectivity index (χ0) is 28.0. The highest BCUT2D eigenvalue weighted by Crippen LogP contribution is 2.44. The van der Waals surface area contributed by atoms with Gasteiger partial charge in [0.15, 0.2) is 5.96 Å². The molecule has 1 aliphatic heterocycles. The van der Waals surface area contributed by atoms with Crippen molar-refractivity contribution < 1.29 is 26.9 Å². The molecule has 206 valence electrons. The van der Waals surface area contributed by atoms with E-state index in [2.05, 4.69) is 9.36 Å². The zero-order valence-corrected chi connectivity index (χ0v) is 23.1. The van der Waals surface area contributed by atoms with Crippen molar-refractivity contribution in [1.29, 1.82) is 0 Å². The zero-order valence-electron chi connectivity index (χ0n) is 21.5. The van der Waals surface area contributed by atoms with Crippen LogP contribution in [0.2, 0.25) is 5.02 Å². The summed E-state index contributed by atoms with van der Waals surface area (Å²) in [5.41, 5.74) is 6.38. The van der Waals surface area contributed by atoms with Crippen LogP contribution in [-0.4, -0.2) is 58.7 Å². The number of rotatable bonds is 5. The minimum atomic E-state index is -2.98. The molecule has 2 aromatic carbocycles. The summed E-state index contributed by atoms with van der Waals surface area (Å²) >= 11 is 6.76. The van der Waals surface area contributed by atoms with Crippen LogP contribution in [0.1, 0.15) is 38.2 Å². The molecule has 1 saturated carbocycles. The molecule has 1 fully saturated rings. The molecule has 0 saturated heterocycles. The number of carbonyl (C=O) groups is 1. The van der Waals surface area contributed by atoms with Gasteiger partial charge in [0.1, 0.15) is 11.9 Å². The number of carbonyl (C=O) groups excluding carboxylic acids is 1. The number of nitrogens with two attached hydrogens (primary N) is 1. The summed E-state index contributed by atoms with van der Waals surface area (Å²) in [6.45, 7) is 1.70. The molecule has 2 N–H and O–H groups in total. The Bertz CT molecular complexity index is 1420. The maximum Gasteiger partial charge on any atom is 0.273 e. The van der Waals surface area contributed by atoms with Crippen LogP contribution in [-0.2, 0) is 24.8 Å². The Balaban J connectivity index is 1.68. The maximum atomic E-state index is 15.1. The van der Waals surface area contributed by atoms with Crippen molar-refractivity contribution in [1.82, 2.24) is 4.90 Å². The Labute approximate surface area is 225 Å². The van der Waals surface area contributed by atoms with Crippen LogP contribution in [0.4, 0.5) is 18.9 Å². The number of methoxy groups -OCH3 is 1. The average molecular weight is 571 g/mol. The first-order valence-corrected chi connectivity index (χ1v) is 14.7. The number of ether oxygens (including phenoxy) is 1. The van der Waals surface area contributed by atoms with E-state index >= 15 is 4.39 Å². The molecule has 12 heteroatoms. The topological polar surface area (TPSA) is 97.3 Å². The normalized spacial score (nSPS) is 25.7. The molecule has 1 aliphatic carbocycles. The number of amides is 1. The van der Waals surface area contributed by atoms with E-state index in [9.17, 15) is 17.8 Å². The van der Waals surface area contributed by atoms with Crippen LogP contribution in [0.5, 0.6) is 0 Å². The lowest BCUT2D eigenvalue weighted by molar-refractivity contribution is -0.160.